The highest BCUT2D eigenvalue weighted by Gasteiger charge is 2.31. The third-order valence-electron chi connectivity index (χ3n) is 4.10. The molecule has 1 saturated carbocycles. The fraction of sp³-hybridized carbons (Fsp3) is 0.583. The number of rotatable bonds is 3. The Kier molecular flexibility index (Phi) is 2.71. The second kappa shape index (κ2) is 4.57. The first-order valence-electron chi connectivity index (χ1n) is 7.02. The first-order chi connectivity index (χ1) is 9.85. The van der Waals surface area contributed by atoms with E-state index in [-0.39, 0.29) is 0 Å². The van der Waals surface area contributed by atoms with Crippen LogP contribution in [0.3, 0.4) is 0 Å². The zero-order valence-electron chi connectivity index (χ0n) is 11.2. The van der Waals surface area contributed by atoms with Crippen LogP contribution in [0.2, 0.25) is 0 Å². The lowest BCUT2D eigenvalue weighted by Crippen LogP contribution is -2.47. The predicted molar refractivity (Wildman–Crippen MR) is 76.3 cm³/mol. The highest BCUT2D eigenvalue weighted by Crippen LogP contribution is 2.29. The number of H-pyrrole nitrogens is 1. The van der Waals surface area contributed by atoms with Crippen molar-refractivity contribution in [3.63, 3.8) is 0 Å². The van der Waals surface area contributed by atoms with E-state index in [1.807, 2.05) is 0 Å². The molecule has 0 unspecified atom stereocenters. The van der Waals surface area contributed by atoms with E-state index >= 15 is 0 Å². The second-order valence-corrected chi connectivity index (χ2v) is 5.40. The summed E-state index contributed by atoms with van der Waals surface area (Å²) in [5.74, 6) is 6.77. The normalized spacial score (nSPS) is 20.6. The number of hydrazine groups is 1. The zero-order chi connectivity index (χ0) is 13.5. The van der Waals surface area contributed by atoms with Crippen molar-refractivity contribution in [1.29, 1.82) is 0 Å². The van der Waals surface area contributed by atoms with Crippen LogP contribution >= 0.6 is 0 Å². The Morgan fingerprint density at radius 1 is 1.20 bits per heavy atom. The van der Waals surface area contributed by atoms with Gasteiger partial charge in [0.1, 0.15) is 5.82 Å². The number of nitrogens with two attached hydrogens (primary N) is 1. The summed E-state index contributed by atoms with van der Waals surface area (Å²) in [6, 6.07) is 0.831. The van der Waals surface area contributed by atoms with Crippen LogP contribution in [-0.4, -0.2) is 57.3 Å². The van der Waals surface area contributed by atoms with Crippen molar-refractivity contribution >= 4 is 22.8 Å². The molecule has 1 aliphatic heterocycles. The van der Waals surface area contributed by atoms with Gasteiger partial charge in [-0.15, -0.1) is 0 Å². The van der Waals surface area contributed by atoms with Crippen LogP contribution in [0.15, 0.2) is 6.20 Å². The summed E-state index contributed by atoms with van der Waals surface area (Å²) in [5, 5.41) is 7.88. The average molecular weight is 274 g/mol. The van der Waals surface area contributed by atoms with E-state index in [2.05, 4.69) is 35.4 Å². The van der Waals surface area contributed by atoms with Crippen LogP contribution in [0.4, 0.5) is 11.8 Å². The number of aromatic amines is 1. The minimum Gasteiger partial charge on any atom is -0.353 e. The highest BCUT2D eigenvalue weighted by molar-refractivity contribution is 5.87. The Bertz CT molecular complexity index is 611. The number of nitrogen functional groups attached to an aromatic ring is 1. The van der Waals surface area contributed by atoms with Crippen molar-refractivity contribution in [2.75, 3.05) is 36.5 Å². The van der Waals surface area contributed by atoms with E-state index < -0.39 is 0 Å². The molecule has 4 N–H and O–H groups in total. The molecule has 2 aromatic rings. The Morgan fingerprint density at radius 3 is 2.70 bits per heavy atom. The van der Waals surface area contributed by atoms with Gasteiger partial charge in [-0.05, 0) is 12.8 Å². The molecule has 0 spiro atoms. The Morgan fingerprint density at radius 2 is 2.00 bits per heavy atom. The minimum absolute atomic E-state index is 0.418. The molecule has 3 heterocycles. The van der Waals surface area contributed by atoms with Crippen LogP contribution in [-0.2, 0) is 0 Å². The van der Waals surface area contributed by atoms with Crippen LogP contribution in [0, 0.1) is 0 Å². The number of piperazine rings is 1. The number of hydrogen-bond donors (Lipinski definition) is 3. The molecule has 1 saturated heterocycles. The fourth-order valence-electron chi connectivity index (χ4n) is 2.86. The highest BCUT2D eigenvalue weighted by atomic mass is 15.4. The molecule has 20 heavy (non-hydrogen) atoms. The van der Waals surface area contributed by atoms with Crippen molar-refractivity contribution < 1.29 is 0 Å². The fourth-order valence-corrected chi connectivity index (χ4v) is 2.86. The van der Waals surface area contributed by atoms with Gasteiger partial charge in [0.25, 0.3) is 0 Å². The molecule has 8 nitrogen and oxygen atoms in total. The quantitative estimate of drug-likeness (QED) is 0.532. The standard InChI is InChI=1S/C12H18N8/c13-17-12-15-10-9(7-14-18-10)11(16-12)20-5-3-19(4-6-20)8-1-2-8/h7-8H,1-6,13H2,(H2,14,15,16,17,18). The molecule has 1 aliphatic carbocycles. The van der Waals surface area contributed by atoms with Gasteiger partial charge in [0.15, 0.2) is 5.65 Å². The molecule has 8 heteroatoms. The molecular weight excluding hydrogens is 256 g/mol. The SMILES string of the molecule is NNc1nc(N2CCN(C3CC3)CC2)c2cn[nH]c2n1. The summed E-state index contributed by atoms with van der Waals surface area (Å²) in [7, 11) is 0. The number of nitrogens with one attached hydrogen (secondary N) is 2. The topological polar surface area (TPSA) is 99.0 Å². The van der Waals surface area contributed by atoms with Crippen LogP contribution in [0.25, 0.3) is 11.0 Å². The summed E-state index contributed by atoms with van der Waals surface area (Å²) in [6.07, 6.45) is 4.50. The van der Waals surface area contributed by atoms with Crippen molar-refractivity contribution in [3.05, 3.63) is 6.20 Å². The third-order valence-corrected chi connectivity index (χ3v) is 4.10. The predicted octanol–water partition coefficient (Wildman–Crippen LogP) is -0.0771. The van der Waals surface area contributed by atoms with E-state index in [4.69, 9.17) is 5.84 Å². The number of nitrogens with zero attached hydrogens (tertiary/aromatic N) is 5. The van der Waals surface area contributed by atoms with Crippen molar-refractivity contribution in [2.24, 2.45) is 5.84 Å². The van der Waals surface area contributed by atoms with Gasteiger partial charge in [0, 0.05) is 32.2 Å². The maximum absolute atomic E-state index is 5.44. The van der Waals surface area contributed by atoms with E-state index in [9.17, 15) is 0 Å². The van der Waals surface area contributed by atoms with Crippen molar-refractivity contribution in [3.8, 4) is 0 Å². The van der Waals surface area contributed by atoms with E-state index in [1.54, 1.807) is 6.20 Å². The number of aromatic nitrogens is 4. The largest absolute Gasteiger partial charge is 0.353 e. The van der Waals surface area contributed by atoms with Gasteiger partial charge in [0.2, 0.25) is 5.95 Å². The monoisotopic (exact) mass is 274 g/mol. The number of fused-ring (bicyclic) bond motifs is 1. The van der Waals surface area contributed by atoms with Gasteiger partial charge in [-0.25, -0.2) is 5.84 Å². The lowest BCUT2D eigenvalue weighted by Gasteiger charge is -2.35. The van der Waals surface area contributed by atoms with Gasteiger partial charge in [-0.1, -0.05) is 0 Å². The first-order valence-corrected chi connectivity index (χ1v) is 7.02. The molecule has 2 aliphatic rings. The molecule has 0 radical (unpaired) electrons. The molecule has 106 valence electrons. The molecule has 0 bridgehead atoms. The summed E-state index contributed by atoms with van der Waals surface area (Å²) in [6.45, 7) is 4.16. The zero-order valence-corrected chi connectivity index (χ0v) is 11.2. The molecule has 4 rings (SSSR count). The van der Waals surface area contributed by atoms with Gasteiger partial charge in [-0.3, -0.25) is 15.4 Å². The van der Waals surface area contributed by atoms with Crippen molar-refractivity contribution in [1.82, 2.24) is 25.1 Å². The molecule has 0 atom stereocenters. The van der Waals surface area contributed by atoms with Crippen LogP contribution in [0.1, 0.15) is 12.8 Å². The third kappa shape index (κ3) is 1.97. The first kappa shape index (κ1) is 11.9. The van der Waals surface area contributed by atoms with Crippen LogP contribution < -0.4 is 16.2 Å². The molecule has 2 fully saturated rings. The number of hydrogen-bond acceptors (Lipinski definition) is 7. The maximum Gasteiger partial charge on any atom is 0.241 e. The van der Waals surface area contributed by atoms with E-state index in [0.717, 1.165) is 43.4 Å². The smallest absolute Gasteiger partial charge is 0.241 e. The average Bonchev–Trinajstić information content (AvgIpc) is 3.24. The molecular formula is C12H18N8. The summed E-state index contributed by atoms with van der Waals surface area (Å²) in [4.78, 5) is 13.6. The molecule has 0 aromatic carbocycles. The summed E-state index contributed by atoms with van der Waals surface area (Å²) >= 11 is 0. The summed E-state index contributed by atoms with van der Waals surface area (Å²) in [5.41, 5.74) is 3.23. The van der Waals surface area contributed by atoms with Gasteiger partial charge in [-0.2, -0.15) is 15.1 Å². The molecule has 0 amide bonds. The van der Waals surface area contributed by atoms with Gasteiger partial charge in [0.05, 0.1) is 11.6 Å². The Labute approximate surface area is 116 Å². The van der Waals surface area contributed by atoms with E-state index in [1.165, 1.54) is 12.8 Å². The van der Waals surface area contributed by atoms with Crippen LogP contribution in [0.5, 0.6) is 0 Å². The lowest BCUT2D eigenvalue weighted by molar-refractivity contribution is 0.248. The Hall–Kier alpha value is -1.93. The van der Waals surface area contributed by atoms with Gasteiger partial charge < -0.3 is 4.90 Å². The lowest BCUT2D eigenvalue weighted by atomic mass is 10.2. The summed E-state index contributed by atoms with van der Waals surface area (Å²) < 4.78 is 0. The van der Waals surface area contributed by atoms with E-state index in [0.29, 0.717) is 11.6 Å². The van der Waals surface area contributed by atoms with Crippen molar-refractivity contribution in [2.45, 2.75) is 18.9 Å². The second-order valence-electron chi connectivity index (χ2n) is 5.40. The van der Waals surface area contributed by atoms with Gasteiger partial charge >= 0.3 is 0 Å². The Balaban J connectivity index is 1.62. The molecule has 2 aromatic heterocycles. The number of anilines is 2. The maximum atomic E-state index is 5.44. The minimum atomic E-state index is 0.418.